The molecule has 0 aliphatic carbocycles. The van der Waals surface area contributed by atoms with Gasteiger partial charge in [-0.3, -0.25) is 0 Å². The highest BCUT2D eigenvalue weighted by Gasteiger charge is 2.09. The van der Waals surface area contributed by atoms with E-state index in [2.05, 4.69) is 28.0 Å². The number of nitrogens with zero attached hydrogens (tertiary/aromatic N) is 2. The summed E-state index contributed by atoms with van der Waals surface area (Å²) in [6.07, 6.45) is 5.12. The third-order valence-electron chi connectivity index (χ3n) is 3.02. The predicted molar refractivity (Wildman–Crippen MR) is 69.6 cm³/mol. The van der Waals surface area contributed by atoms with Gasteiger partial charge in [-0.05, 0) is 32.5 Å². The SMILES string of the molecule is CCn1cc(CCNC)c2cc(OC)ncc21. The number of methoxy groups -OCH3 is 1. The van der Waals surface area contributed by atoms with Crippen molar-refractivity contribution in [2.45, 2.75) is 19.9 Å². The lowest BCUT2D eigenvalue weighted by Gasteiger charge is -2.02. The number of likely N-dealkylation sites (N-methyl/N-ethyl adjacent to an activating group) is 1. The van der Waals surface area contributed by atoms with Gasteiger partial charge in [0.15, 0.2) is 0 Å². The van der Waals surface area contributed by atoms with Crippen molar-refractivity contribution in [3.05, 3.63) is 24.0 Å². The zero-order valence-electron chi connectivity index (χ0n) is 10.7. The number of ether oxygens (including phenoxy) is 1. The molecule has 0 spiro atoms. The Morgan fingerprint density at radius 2 is 2.29 bits per heavy atom. The molecule has 92 valence electrons. The van der Waals surface area contributed by atoms with E-state index in [-0.39, 0.29) is 0 Å². The summed E-state index contributed by atoms with van der Waals surface area (Å²) in [5.41, 5.74) is 2.52. The minimum absolute atomic E-state index is 0.678. The molecule has 0 amide bonds. The fourth-order valence-corrected chi connectivity index (χ4v) is 2.07. The molecule has 4 nitrogen and oxygen atoms in total. The molecule has 1 N–H and O–H groups in total. The summed E-state index contributed by atoms with van der Waals surface area (Å²) < 4.78 is 7.42. The van der Waals surface area contributed by atoms with Crippen LogP contribution in [-0.4, -0.2) is 30.3 Å². The quantitative estimate of drug-likeness (QED) is 0.856. The molecular formula is C13H19N3O. The summed E-state index contributed by atoms with van der Waals surface area (Å²) in [7, 11) is 3.62. The molecule has 0 radical (unpaired) electrons. The van der Waals surface area contributed by atoms with Gasteiger partial charge in [0.05, 0.1) is 18.8 Å². The molecule has 0 saturated heterocycles. The van der Waals surface area contributed by atoms with Crippen LogP contribution in [0.2, 0.25) is 0 Å². The van der Waals surface area contributed by atoms with Crippen LogP contribution in [0.4, 0.5) is 0 Å². The third-order valence-corrected chi connectivity index (χ3v) is 3.02. The van der Waals surface area contributed by atoms with Crippen LogP contribution in [0.25, 0.3) is 10.9 Å². The Morgan fingerprint density at radius 3 is 2.94 bits per heavy atom. The van der Waals surface area contributed by atoms with E-state index in [1.165, 1.54) is 16.5 Å². The van der Waals surface area contributed by atoms with Crippen LogP contribution in [0.5, 0.6) is 5.88 Å². The van der Waals surface area contributed by atoms with Crippen molar-refractivity contribution in [3.63, 3.8) is 0 Å². The number of pyridine rings is 1. The van der Waals surface area contributed by atoms with Gasteiger partial charge >= 0.3 is 0 Å². The average Bonchev–Trinajstić information content (AvgIpc) is 2.73. The number of fused-ring (bicyclic) bond motifs is 1. The summed E-state index contributed by atoms with van der Waals surface area (Å²) in [5.74, 6) is 0.678. The molecule has 0 saturated carbocycles. The van der Waals surface area contributed by atoms with Gasteiger partial charge < -0.3 is 14.6 Å². The first kappa shape index (κ1) is 11.9. The van der Waals surface area contributed by atoms with E-state index in [1.54, 1.807) is 7.11 Å². The van der Waals surface area contributed by atoms with Crippen molar-refractivity contribution < 1.29 is 4.74 Å². The third kappa shape index (κ3) is 2.26. The van der Waals surface area contributed by atoms with Crippen LogP contribution in [0, 0.1) is 0 Å². The molecule has 0 fully saturated rings. The molecule has 0 atom stereocenters. The molecule has 2 heterocycles. The Bertz CT molecular complexity index is 505. The van der Waals surface area contributed by atoms with Gasteiger partial charge in [0.2, 0.25) is 5.88 Å². The molecule has 0 aromatic carbocycles. The molecule has 0 bridgehead atoms. The highest BCUT2D eigenvalue weighted by Crippen LogP contribution is 2.24. The summed E-state index contributed by atoms with van der Waals surface area (Å²) in [4.78, 5) is 4.27. The topological polar surface area (TPSA) is 39.1 Å². The molecular weight excluding hydrogens is 214 g/mol. The lowest BCUT2D eigenvalue weighted by atomic mass is 10.1. The van der Waals surface area contributed by atoms with E-state index >= 15 is 0 Å². The molecule has 0 aliphatic rings. The minimum atomic E-state index is 0.678. The van der Waals surface area contributed by atoms with Gasteiger partial charge in [-0.2, -0.15) is 0 Å². The minimum Gasteiger partial charge on any atom is -0.481 e. The fraction of sp³-hybridized carbons (Fsp3) is 0.462. The highest BCUT2D eigenvalue weighted by atomic mass is 16.5. The van der Waals surface area contributed by atoms with Crippen molar-refractivity contribution in [3.8, 4) is 5.88 Å². The standard InChI is InChI=1S/C13H19N3O/c1-4-16-9-10(5-6-14-2)11-7-13(17-3)15-8-12(11)16/h7-9,14H,4-6H2,1-3H3. The zero-order valence-corrected chi connectivity index (χ0v) is 10.7. The van der Waals surface area contributed by atoms with E-state index in [4.69, 9.17) is 4.74 Å². The van der Waals surface area contributed by atoms with Gasteiger partial charge in [-0.1, -0.05) is 0 Å². The van der Waals surface area contributed by atoms with Crippen LogP contribution in [0.15, 0.2) is 18.5 Å². The second-order valence-corrected chi connectivity index (χ2v) is 4.04. The van der Waals surface area contributed by atoms with E-state index in [0.29, 0.717) is 5.88 Å². The van der Waals surface area contributed by atoms with Gasteiger partial charge in [-0.25, -0.2) is 4.98 Å². The lowest BCUT2D eigenvalue weighted by molar-refractivity contribution is 0.398. The number of hydrogen-bond acceptors (Lipinski definition) is 3. The largest absolute Gasteiger partial charge is 0.481 e. The molecule has 2 aromatic heterocycles. The van der Waals surface area contributed by atoms with Crippen molar-refractivity contribution in [2.75, 3.05) is 20.7 Å². The number of hydrogen-bond donors (Lipinski definition) is 1. The lowest BCUT2D eigenvalue weighted by Crippen LogP contribution is -2.10. The second kappa shape index (κ2) is 5.19. The fourth-order valence-electron chi connectivity index (χ4n) is 2.07. The molecule has 4 heteroatoms. The molecule has 0 aliphatic heterocycles. The van der Waals surface area contributed by atoms with E-state index in [0.717, 1.165) is 19.5 Å². The van der Waals surface area contributed by atoms with Crippen molar-refractivity contribution in [2.24, 2.45) is 0 Å². The Kier molecular flexibility index (Phi) is 3.64. The first-order chi connectivity index (χ1) is 8.30. The Labute approximate surface area is 102 Å². The van der Waals surface area contributed by atoms with Crippen LogP contribution in [0.3, 0.4) is 0 Å². The molecule has 17 heavy (non-hydrogen) atoms. The summed E-state index contributed by atoms with van der Waals surface area (Å²) in [6, 6.07) is 2.02. The maximum atomic E-state index is 5.19. The van der Waals surface area contributed by atoms with Crippen LogP contribution in [-0.2, 0) is 13.0 Å². The summed E-state index contributed by atoms with van der Waals surface area (Å²) in [6.45, 7) is 4.09. The van der Waals surface area contributed by atoms with E-state index < -0.39 is 0 Å². The number of aromatic nitrogens is 2. The summed E-state index contributed by atoms with van der Waals surface area (Å²) >= 11 is 0. The normalized spacial score (nSPS) is 11.0. The van der Waals surface area contributed by atoms with Crippen molar-refractivity contribution in [1.82, 2.24) is 14.9 Å². The number of aryl methyl sites for hydroxylation is 1. The van der Waals surface area contributed by atoms with Gasteiger partial charge in [0.1, 0.15) is 0 Å². The average molecular weight is 233 g/mol. The second-order valence-electron chi connectivity index (χ2n) is 4.04. The molecule has 2 aromatic rings. The van der Waals surface area contributed by atoms with Crippen LogP contribution < -0.4 is 10.1 Å². The smallest absolute Gasteiger partial charge is 0.213 e. The van der Waals surface area contributed by atoms with Gasteiger partial charge in [-0.15, -0.1) is 0 Å². The van der Waals surface area contributed by atoms with E-state index in [9.17, 15) is 0 Å². The predicted octanol–water partition coefficient (Wildman–Crippen LogP) is 1.83. The number of nitrogens with one attached hydrogen (secondary N) is 1. The summed E-state index contributed by atoms with van der Waals surface area (Å²) in [5, 5.41) is 4.43. The molecule has 0 unspecified atom stereocenters. The first-order valence-electron chi connectivity index (χ1n) is 5.96. The van der Waals surface area contributed by atoms with Crippen LogP contribution >= 0.6 is 0 Å². The monoisotopic (exact) mass is 233 g/mol. The van der Waals surface area contributed by atoms with Crippen molar-refractivity contribution >= 4 is 10.9 Å². The Hall–Kier alpha value is -1.55. The van der Waals surface area contributed by atoms with Gasteiger partial charge in [0.25, 0.3) is 0 Å². The Morgan fingerprint density at radius 1 is 1.47 bits per heavy atom. The maximum Gasteiger partial charge on any atom is 0.213 e. The van der Waals surface area contributed by atoms with Gasteiger partial charge in [0, 0.05) is 24.2 Å². The first-order valence-corrected chi connectivity index (χ1v) is 5.96. The molecule has 2 rings (SSSR count). The van der Waals surface area contributed by atoms with Crippen LogP contribution in [0.1, 0.15) is 12.5 Å². The maximum absolute atomic E-state index is 5.19. The van der Waals surface area contributed by atoms with E-state index in [1.807, 2.05) is 19.3 Å². The van der Waals surface area contributed by atoms with Crippen molar-refractivity contribution in [1.29, 1.82) is 0 Å². The highest BCUT2D eigenvalue weighted by molar-refractivity contribution is 5.84. The zero-order chi connectivity index (χ0) is 12.3. The number of rotatable bonds is 5. The Balaban J connectivity index is 2.49.